The lowest BCUT2D eigenvalue weighted by Gasteiger charge is -2.41. The van der Waals surface area contributed by atoms with Gasteiger partial charge in [-0.3, -0.25) is 4.79 Å². The lowest BCUT2D eigenvalue weighted by atomic mass is 10.1. The zero-order valence-electron chi connectivity index (χ0n) is 20.7. The molecular formula is C28H28ClN6O2+. The molecule has 0 radical (unpaired) electrons. The van der Waals surface area contributed by atoms with Gasteiger partial charge in [-0.15, -0.1) is 0 Å². The minimum Gasteiger partial charge on any atom is -0.497 e. The van der Waals surface area contributed by atoms with Crippen molar-refractivity contribution in [2.24, 2.45) is 4.99 Å². The number of carbonyl (C=O) groups is 1. The molecule has 1 aromatic heterocycles. The summed E-state index contributed by atoms with van der Waals surface area (Å²) < 4.78 is 5.74. The van der Waals surface area contributed by atoms with E-state index in [-0.39, 0.29) is 5.91 Å². The Morgan fingerprint density at radius 1 is 1.05 bits per heavy atom. The largest absolute Gasteiger partial charge is 0.497 e. The number of amides is 1. The van der Waals surface area contributed by atoms with Crippen molar-refractivity contribution in [3.63, 3.8) is 0 Å². The van der Waals surface area contributed by atoms with E-state index in [1.165, 1.54) is 0 Å². The van der Waals surface area contributed by atoms with Gasteiger partial charge in [-0.2, -0.15) is 5.43 Å². The maximum absolute atomic E-state index is 13.2. The number of aliphatic imine (C=N–C) groups is 1. The zero-order valence-corrected chi connectivity index (χ0v) is 21.5. The first-order chi connectivity index (χ1) is 17.9. The van der Waals surface area contributed by atoms with Crippen LogP contribution in [0.4, 0.5) is 17.1 Å². The van der Waals surface area contributed by atoms with Crippen LogP contribution in [-0.2, 0) is 0 Å². The van der Waals surface area contributed by atoms with Crippen LogP contribution in [-0.4, -0.2) is 66.6 Å². The number of fused-ring (bicyclic) bond motifs is 3. The van der Waals surface area contributed by atoms with Gasteiger partial charge >= 0.3 is 5.91 Å². The number of quaternary nitrogens is 1. The van der Waals surface area contributed by atoms with Crippen molar-refractivity contribution in [1.82, 2.24) is 15.3 Å². The number of benzene rings is 3. The quantitative estimate of drug-likeness (QED) is 0.333. The van der Waals surface area contributed by atoms with E-state index in [4.69, 9.17) is 21.3 Å². The van der Waals surface area contributed by atoms with Crippen LogP contribution in [0.3, 0.4) is 0 Å². The lowest BCUT2D eigenvalue weighted by molar-refractivity contribution is -0.946. The number of ether oxygens (including phenoxy) is 1. The number of H-pyrrole nitrogens is 1. The number of likely N-dealkylation sites (N-methyl/N-ethyl adjacent to an activating group) is 1. The Kier molecular flexibility index (Phi) is 5.78. The summed E-state index contributed by atoms with van der Waals surface area (Å²) in [5, 5.41) is 5.10. The number of hydrogen-bond donors (Lipinski definition) is 3. The summed E-state index contributed by atoms with van der Waals surface area (Å²) in [7, 11) is 3.69. The predicted molar refractivity (Wildman–Crippen MR) is 147 cm³/mol. The number of hydrogen-bond acceptors (Lipinski definition) is 5. The molecule has 37 heavy (non-hydrogen) atoms. The summed E-state index contributed by atoms with van der Waals surface area (Å²) in [4.78, 5) is 23.7. The van der Waals surface area contributed by atoms with Crippen molar-refractivity contribution in [3.05, 3.63) is 83.0 Å². The Balaban J connectivity index is 1.21. The number of anilines is 2. The third kappa shape index (κ3) is 4.50. The van der Waals surface area contributed by atoms with Gasteiger partial charge < -0.3 is 19.9 Å². The van der Waals surface area contributed by atoms with E-state index in [0.29, 0.717) is 15.3 Å². The molecule has 0 saturated carbocycles. The van der Waals surface area contributed by atoms with E-state index < -0.39 is 0 Å². The van der Waals surface area contributed by atoms with Crippen LogP contribution in [0.2, 0.25) is 5.02 Å². The van der Waals surface area contributed by atoms with Gasteiger partial charge in [0.2, 0.25) is 0 Å². The summed E-state index contributed by atoms with van der Waals surface area (Å²) in [6, 6.07) is 21.5. The van der Waals surface area contributed by atoms with E-state index in [1.54, 1.807) is 7.11 Å². The highest BCUT2D eigenvalue weighted by Crippen LogP contribution is 2.36. The van der Waals surface area contributed by atoms with Crippen molar-refractivity contribution in [3.8, 4) is 5.75 Å². The molecule has 4 aromatic rings. The number of piperazine rings is 1. The molecule has 0 unspecified atom stereocenters. The van der Waals surface area contributed by atoms with E-state index in [1.807, 2.05) is 54.6 Å². The average Bonchev–Trinajstić information content (AvgIpc) is 3.26. The van der Waals surface area contributed by atoms with Gasteiger partial charge in [-0.25, -0.2) is 9.58 Å². The molecule has 0 atom stereocenters. The molecule has 188 valence electrons. The average molecular weight is 516 g/mol. The van der Waals surface area contributed by atoms with Crippen molar-refractivity contribution in [1.29, 1.82) is 0 Å². The standard InChI is InChI=1S/C28H27ClN6O2/c1-35(33-28(36)26-16-18-15-20(37-2)8-10-22(18)30-26)13-11-34(12-14-35)27-21-5-3-4-6-23(21)31-24-9-7-19(29)17-25(24)32-27/h3-10,15-17H,11-14H2,1-2H3,(H2-,30,31,32,33,36)/p+1. The second-order valence-corrected chi connectivity index (χ2v) is 10.1. The number of amidine groups is 1. The molecular weight excluding hydrogens is 488 g/mol. The van der Waals surface area contributed by atoms with E-state index in [2.05, 4.69) is 39.8 Å². The van der Waals surface area contributed by atoms with Gasteiger partial charge in [0.1, 0.15) is 30.4 Å². The van der Waals surface area contributed by atoms with Crippen molar-refractivity contribution in [2.45, 2.75) is 0 Å². The summed E-state index contributed by atoms with van der Waals surface area (Å²) in [6.07, 6.45) is 0. The summed E-state index contributed by atoms with van der Waals surface area (Å²) in [5.74, 6) is 1.54. The number of rotatable bonds is 3. The molecule has 0 bridgehead atoms. The van der Waals surface area contributed by atoms with Crippen LogP contribution in [0.5, 0.6) is 5.75 Å². The number of aromatic amines is 1. The van der Waals surface area contributed by atoms with Crippen molar-refractivity contribution < 1.29 is 14.1 Å². The topological polar surface area (TPSA) is 81.8 Å². The molecule has 0 spiro atoms. The number of nitrogens with zero attached hydrogens (tertiary/aromatic N) is 3. The Hall–Kier alpha value is -4.01. The molecule has 1 fully saturated rings. The zero-order chi connectivity index (χ0) is 25.6. The highest BCUT2D eigenvalue weighted by molar-refractivity contribution is 6.31. The number of carbonyl (C=O) groups excluding carboxylic acids is 1. The Morgan fingerprint density at radius 3 is 2.68 bits per heavy atom. The summed E-state index contributed by atoms with van der Waals surface area (Å²) in [6.45, 7) is 2.95. The third-order valence-electron chi connectivity index (χ3n) is 7.09. The van der Waals surface area contributed by atoms with Crippen LogP contribution >= 0.6 is 11.6 Å². The number of nitrogens with one attached hydrogen (secondary N) is 3. The van der Waals surface area contributed by atoms with Crippen molar-refractivity contribution in [2.75, 3.05) is 45.7 Å². The second-order valence-electron chi connectivity index (χ2n) is 9.67. The minimum absolute atomic E-state index is 0.129. The molecule has 3 heterocycles. The normalized spacial score (nSPS) is 16.2. The van der Waals surface area contributed by atoms with Gasteiger partial charge in [0.25, 0.3) is 0 Å². The van der Waals surface area contributed by atoms with Crippen molar-refractivity contribution >= 4 is 51.3 Å². The first-order valence-corrected chi connectivity index (χ1v) is 12.6. The molecule has 1 amide bonds. The molecule has 8 nitrogen and oxygen atoms in total. The van der Waals surface area contributed by atoms with Gasteiger partial charge in [0, 0.05) is 27.2 Å². The molecule has 1 saturated heterocycles. The molecule has 3 aromatic carbocycles. The van der Waals surface area contributed by atoms with Gasteiger partial charge in [0.15, 0.2) is 0 Å². The molecule has 9 heteroatoms. The highest BCUT2D eigenvalue weighted by Gasteiger charge is 2.34. The van der Waals surface area contributed by atoms with Crippen LogP contribution in [0.25, 0.3) is 10.9 Å². The maximum Gasteiger partial charge on any atom is 0.312 e. The first kappa shape index (κ1) is 23.4. The lowest BCUT2D eigenvalue weighted by Crippen LogP contribution is -2.65. The van der Waals surface area contributed by atoms with E-state index in [9.17, 15) is 4.79 Å². The summed E-state index contributed by atoms with van der Waals surface area (Å²) >= 11 is 6.29. The number of halogens is 1. The van der Waals surface area contributed by atoms with Crippen LogP contribution in [0.1, 0.15) is 16.1 Å². The monoisotopic (exact) mass is 515 g/mol. The van der Waals surface area contributed by atoms with Gasteiger partial charge in [-0.05, 0) is 54.6 Å². The highest BCUT2D eigenvalue weighted by atomic mass is 35.5. The number of aromatic nitrogens is 1. The van der Waals surface area contributed by atoms with E-state index in [0.717, 1.165) is 71.3 Å². The Bertz CT molecular complexity index is 1540. The fourth-order valence-corrected chi connectivity index (χ4v) is 5.11. The Labute approximate surface area is 220 Å². The van der Waals surface area contributed by atoms with E-state index >= 15 is 0 Å². The molecule has 3 N–H and O–H groups in total. The molecule has 2 aliphatic heterocycles. The first-order valence-electron chi connectivity index (χ1n) is 12.2. The van der Waals surface area contributed by atoms with Crippen LogP contribution < -0.4 is 15.5 Å². The van der Waals surface area contributed by atoms with Crippen LogP contribution in [0, 0.1) is 0 Å². The number of para-hydroxylation sites is 1. The Morgan fingerprint density at radius 2 is 1.86 bits per heavy atom. The molecule has 6 rings (SSSR count). The van der Waals surface area contributed by atoms with Gasteiger partial charge in [0.05, 0.1) is 38.6 Å². The fraction of sp³-hybridized carbons (Fsp3) is 0.214. The predicted octanol–water partition coefficient (Wildman–Crippen LogP) is 5.07. The molecule has 2 aliphatic rings. The fourth-order valence-electron chi connectivity index (χ4n) is 4.95. The van der Waals surface area contributed by atoms with Crippen LogP contribution in [0.15, 0.2) is 71.7 Å². The van der Waals surface area contributed by atoms with Gasteiger partial charge in [-0.1, -0.05) is 23.7 Å². The SMILES string of the molecule is COc1ccc2[nH]c(C(=O)N[N+]3(C)CCN(C4=Nc5cc(Cl)ccc5Nc5ccccc54)CC3)cc2c1. The summed E-state index contributed by atoms with van der Waals surface area (Å²) in [5.41, 5.74) is 8.44. The third-order valence-corrected chi connectivity index (χ3v) is 7.33. The second kappa shape index (κ2) is 9.14. The minimum atomic E-state index is -0.129. The molecule has 0 aliphatic carbocycles. The maximum atomic E-state index is 13.2. The smallest absolute Gasteiger partial charge is 0.312 e. The number of methoxy groups -OCH3 is 1.